The number of nitrogens with zero attached hydrogens (tertiary/aromatic N) is 1. The van der Waals surface area contributed by atoms with Crippen molar-refractivity contribution in [3.8, 4) is 0 Å². The molecule has 0 spiro atoms. The fraction of sp³-hybridized carbons (Fsp3) is 0.833. The summed E-state index contributed by atoms with van der Waals surface area (Å²) in [5.41, 5.74) is 0. The normalized spacial score (nSPS) is 20.6. The number of likely N-dealkylation sites (N-methyl/N-ethyl adjacent to an activating group) is 1. The van der Waals surface area contributed by atoms with Gasteiger partial charge in [0.25, 0.3) is 0 Å². The molecule has 0 aromatic rings. The fourth-order valence-corrected chi connectivity index (χ4v) is 1.30. The first-order valence-corrected chi connectivity index (χ1v) is 3.74. The number of hydrogen-bond donors (Lipinski definition) is 1. The van der Waals surface area contributed by atoms with Crippen molar-refractivity contribution in [2.75, 3.05) is 26.2 Å². The quantitative estimate of drug-likeness (QED) is 0.531. The molecule has 1 heterocycles. The molecule has 1 saturated heterocycles. The predicted molar refractivity (Wildman–Crippen MR) is 42.7 cm³/mol. The average Bonchev–Trinajstić information content (AvgIpc) is 1.89. The maximum Gasteiger partial charge on any atom is 0.0920 e. The monoisotopic (exact) mass is 144 g/mol. The van der Waals surface area contributed by atoms with E-state index in [-0.39, 0.29) is 0 Å². The van der Waals surface area contributed by atoms with Gasteiger partial charge >= 0.3 is 0 Å². The molecule has 0 amide bonds. The Kier molecular flexibility index (Phi) is 2.42. The lowest BCUT2D eigenvalue weighted by Gasteiger charge is -2.28. The van der Waals surface area contributed by atoms with Crippen molar-refractivity contribution in [3.05, 3.63) is 0 Å². The smallest absolute Gasteiger partial charge is 0.0920 e. The Balaban J connectivity index is 2.39. The number of rotatable bonds is 1. The molecule has 3 heteroatoms. The van der Waals surface area contributed by atoms with Crippen molar-refractivity contribution < 1.29 is 0 Å². The van der Waals surface area contributed by atoms with Gasteiger partial charge in [-0.1, -0.05) is 12.2 Å². The lowest BCUT2D eigenvalue weighted by atomic mass is 10.4. The van der Waals surface area contributed by atoms with Gasteiger partial charge in [0.15, 0.2) is 0 Å². The van der Waals surface area contributed by atoms with Gasteiger partial charge in [0.2, 0.25) is 0 Å². The summed E-state index contributed by atoms with van der Waals surface area (Å²) in [6.45, 7) is 6.24. The SMILES string of the molecule is CCN1CCNCC1=S. The molecule has 0 radical (unpaired) electrons. The van der Waals surface area contributed by atoms with Crippen LogP contribution in [0.2, 0.25) is 0 Å². The van der Waals surface area contributed by atoms with Crippen LogP contribution in [-0.2, 0) is 0 Å². The first-order chi connectivity index (χ1) is 4.34. The van der Waals surface area contributed by atoms with Crippen LogP contribution in [-0.4, -0.2) is 36.1 Å². The second-order valence-electron chi connectivity index (χ2n) is 2.15. The van der Waals surface area contributed by atoms with Gasteiger partial charge in [0.1, 0.15) is 0 Å². The molecule has 0 aromatic heterocycles. The van der Waals surface area contributed by atoms with Crippen molar-refractivity contribution in [2.45, 2.75) is 6.92 Å². The van der Waals surface area contributed by atoms with Gasteiger partial charge in [-0.25, -0.2) is 0 Å². The maximum atomic E-state index is 5.09. The van der Waals surface area contributed by atoms with Gasteiger partial charge in [-0.2, -0.15) is 0 Å². The van der Waals surface area contributed by atoms with Crippen molar-refractivity contribution in [3.63, 3.8) is 0 Å². The molecule has 1 rings (SSSR count). The molecule has 52 valence electrons. The summed E-state index contributed by atoms with van der Waals surface area (Å²) >= 11 is 5.09. The highest BCUT2D eigenvalue weighted by Crippen LogP contribution is 1.94. The van der Waals surface area contributed by atoms with E-state index >= 15 is 0 Å². The van der Waals surface area contributed by atoms with E-state index in [0.717, 1.165) is 31.2 Å². The Bertz CT molecular complexity index is 114. The van der Waals surface area contributed by atoms with Gasteiger partial charge < -0.3 is 10.2 Å². The third-order valence-electron chi connectivity index (χ3n) is 1.57. The van der Waals surface area contributed by atoms with Crippen molar-refractivity contribution in [1.29, 1.82) is 0 Å². The largest absolute Gasteiger partial charge is 0.364 e. The number of thiocarbonyl (C=S) groups is 1. The predicted octanol–water partition coefficient (Wildman–Crippen LogP) is 0.239. The lowest BCUT2D eigenvalue weighted by Crippen LogP contribution is -2.46. The second kappa shape index (κ2) is 3.13. The van der Waals surface area contributed by atoms with Crippen molar-refractivity contribution >= 4 is 17.2 Å². The van der Waals surface area contributed by atoms with Crippen molar-refractivity contribution in [1.82, 2.24) is 10.2 Å². The van der Waals surface area contributed by atoms with E-state index < -0.39 is 0 Å². The molecule has 0 saturated carbocycles. The van der Waals surface area contributed by atoms with E-state index in [0.29, 0.717) is 0 Å². The minimum Gasteiger partial charge on any atom is -0.364 e. The fourth-order valence-electron chi connectivity index (χ4n) is 0.980. The highest BCUT2D eigenvalue weighted by Gasteiger charge is 2.10. The highest BCUT2D eigenvalue weighted by atomic mass is 32.1. The van der Waals surface area contributed by atoms with E-state index in [1.807, 2.05) is 0 Å². The third kappa shape index (κ3) is 1.63. The topological polar surface area (TPSA) is 15.3 Å². The van der Waals surface area contributed by atoms with Gasteiger partial charge in [0.05, 0.1) is 4.99 Å². The van der Waals surface area contributed by atoms with E-state index in [2.05, 4.69) is 17.1 Å². The molecule has 1 fully saturated rings. The van der Waals surface area contributed by atoms with Crippen LogP contribution in [0.15, 0.2) is 0 Å². The first kappa shape index (κ1) is 6.96. The van der Waals surface area contributed by atoms with E-state index in [9.17, 15) is 0 Å². The second-order valence-corrected chi connectivity index (χ2v) is 2.62. The van der Waals surface area contributed by atoms with Crippen LogP contribution in [0.3, 0.4) is 0 Å². The lowest BCUT2D eigenvalue weighted by molar-refractivity contribution is 0.406. The zero-order valence-electron chi connectivity index (χ0n) is 5.68. The summed E-state index contributed by atoms with van der Waals surface area (Å²) in [4.78, 5) is 3.29. The van der Waals surface area contributed by atoms with Gasteiger partial charge in [0, 0.05) is 26.2 Å². The Labute approximate surface area is 61.2 Å². The molecule has 0 aromatic carbocycles. The van der Waals surface area contributed by atoms with Crippen molar-refractivity contribution in [2.24, 2.45) is 0 Å². The van der Waals surface area contributed by atoms with Crippen LogP contribution in [0.5, 0.6) is 0 Å². The maximum absolute atomic E-state index is 5.09. The summed E-state index contributed by atoms with van der Waals surface area (Å²) in [6.07, 6.45) is 0. The molecule has 9 heavy (non-hydrogen) atoms. The Morgan fingerprint density at radius 1 is 1.78 bits per heavy atom. The van der Waals surface area contributed by atoms with Crippen LogP contribution >= 0.6 is 12.2 Å². The Hall–Kier alpha value is -0.150. The van der Waals surface area contributed by atoms with Gasteiger partial charge in [-0.05, 0) is 6.92 Å². The van der Waals surface area contributed by atoms with Gasteiger partial charge in [-0.3, -0.25) is 0 Å². The number of nitrogens with one attached hydrogen (secondary N) is 1. The summed E-state index contributed by atoms with van der Waals surface area (Å²) in [5, 5.41) is 3.22. The third-order valence-corrected chi connectivity index (χ3v) is 1.97. The minimum atomic E-state index is 0.892. The van der Waals surface area contributed by atoms with Crippen LogP contribution in [0.4, 0.5) is 0 Å². The summed E-state index contributed by atoms with van der Waals surface area (Å²) in [7, 11) is 0. The zero-order valence-corrected chi connectivity index (χ0v) is 6.50. The highest BCUT2D eigenvalue weighted by molar-refractivity contribution is 7.80. The molecular formula is C6H12N2S. The molecule has 0 atom stereocenters. The molecule has 1 N–H and O–H groups in total. The first-order valence-electron chi connectivity index (χ1n) is 3.33. The summed E-state index contributed by atoms with van der Waals surface area (Å²) < 4.78 is 0. The summed E-state index contributed by atoms with van der Waals surface area (Å²) in [6, 6.07) is 0. The van der Waals surface area contributed by atoms with Crippen LogP contribution in [0.1, 0.15) is 6.92 Å². The molecule has 1 aliphatic rings. The van der Waals surface area contributed by atoms with Gasteiger partial charge in [-0.15, -0.1) is 0 Å². The van der Waals surface area contributed by atoms with E-state index in [1.165, 1.54) is 0 Å². The molecule has 0 bridgehead atoms. The minimum absolute atomic E-state index is 0.892. The molecule has 0 unspecified atom stereocenters. The van der Waals surface area contributed by atoms with E-state index in [1.54, 1.807) is 0 Å². The van der Waals surface area contributed by atoms with Crippen LogP contribution in [0.25, 0.3) is 0 Å². The van der Waals surface area contributed by atoms with Crippen LogP contribution < -0.4 is 5.32 Å². The Morgan fingerprint density at radius 2 is 2.56 bits per heavy atom. The molecular weight excluding hydrogens is 132 g/mol. The van der Waals surface area contributed by atoms with Crippen LogP contribution in [0, 0.1) is 0 Å². The summed E-state index contributed by atoms with van der Waals surface area (Å²) in [5.74, 6) is 0. The number of hydrogen-bond acceptors (Lipinski definition) is 2. The molecule has 0 aliphatic carbocycles. The molecule has 1 aliphatic heterocycles. The standard InChI is InChI=1S/C6H12N2S/c1-2-8-4-3-7-5-6(8)9/h7H,2-5H2,1H3. The molecule has 2 nitrogen and oxygen atoms in total. The Morgan fingerprint density at radius 3 is 3.00 bits per heavy atom. The number of piperazine rings is 1. The zero-order chi connectivity index (χ0) is 6.69. The van der Waals surface area contributed by atoms with E-state index in [4.69, 9.17) is 12.2 Å². The average molecular weight is 144 g/mol.